The standard InChI is InChI=1S/C16H13ClN2O3S/c17-13-3-7-15(8-4-13)23(21,22)10-9-16(20)19-14-5-1-12(11-18)2-6-14/h1-8H,9-10H2,(H,19,20). The highest BCUT2D eigenvalue weighted by atomic mass is 35.5. The van der Waals surface area contributed by atoms with E-state index in [1.807, 2.05) is 6.07 Å². The number of hydrogen-bond acceptors (Lipinski definition) is 4. The molecule has 1 amide bonds. The Labute approximate surface area is 139 Å². The van der Waals surface area contributed by atoms with Crippen molar-refractivity contribution in [3.8, 4) is 6.07 Å². The molecule has 0 aliphatic carbocycles. The number of carbonyl (C=O) groups is 1. The van der Waals surface area contributed by atoms with Crippen LogP contribution in [0.4, 0.5) is 5.69 Å². The van der Waals surface area contributed by atoms with Gasteiger partial charge in [-0.05, 0) is 48.5 Å². The minimum absolute atomic E-state index is 0.132. The quantitative estimate of drug-likeness (QED) is 0.899. The van der Waals surface area contributed by atoms with Crippen molar-refractivity contribution < 1.29 is 13.2 Å². The number of amides is 1. The van der Waals surface area contributed by atoms with E-state index >= 15 is 0 Å². The Bertz CT molecular complexity index is 838. The second kappa shape index (κ2) is 7.27. The van der Waals surface area contributed by atoms with Gasteiger partial charge in [0, 0.05) is 17.1 Å². The Morgan fingerprint density at radius 3 is 2.26 bits per heavy atom. The summed E-state index contributed by atoms with van der Waals surface area (Å²) in [6.45, 7) is 0. The SMILES string of the molecule is N#Cc1ccc(NC(=O)CCS(=O)(=O)c2ccc(Cl)cc2)cc1. The number of carbonyl (C=O) groups excluding carboxylic acids is 1. The molecular formula is C16H13ClN2O3S. The third-order valence-electron chi connectivity index (χ3n) is 3.07. The van der Waals surface area contributed by atoms with Crippen LogP contribution in [0.1, 0.15) is 12.0 Å². The summed E-state index contributed by atoms with van der Waals surface area (Å²) in [5.74, 6) is -0.705. The predicted octanol–water partition coefficient (Wildman–Crippen LogP) is 3.01. The summed E-state index contributed by atoms with van der Waals surface area (Å²) in [5.41, 5.74) is 0.992. The molecule has 0 spiro atoms. The van der Waals surface area contributed by atoms with Crippen LogP contribution in [-0.2, 0) is 14.6 Å². The second-order valence-electron chi connectivity index (χ2n) is 4.76. The van der Waals surface area contributed by atoms with E-state index in [1.54, 1.807) is 24.3 Å². The van der Waals surface area contributed by atoms with Crippen LogP contribution in [0.2, 0.25) is 5.02 Å². The molecule has 0 saturated heterocycles. The van der Waals surface area contributed by atoms with E-state index in [-0.39, 0.29) is 17.1 Å². The fourth-order valence-corrected chi connectivity index (χ4v) is 3.21. The second-order valence-corrected chi connectivity index (χ2v) is 7.31. The van der Waals surface area contributed by atoms with Gasteiger partial charge in [-0.15, -0.1) is 0 Å². The monoisotopic (exact) mass is 348 g/mol. The molecule has 5 nitrogen and oxygen atoms in total. The molecule has 2 aromatic carbocycles. The van der Waals surface area contributed by atoms with Crippen molar-refractivity contribution in [1.29, 1.82) is 5.26 Å². The normalized spacial score (nSPS) is 10.8. The molecule has 2 aromatic rings. The van der Waals surface area contributed by atoms with Crippen LogP contribution < -0.4 is 5.32 Å². The van der Waals surface area contributed by atoms with Gasteiger partial charge < -0.3 is 5.32 Å². The lowest BCUT2D eigenvalue weighted by molar-refractivity contribution is -0.115. The molecule has 0 bridgehead atoms. The van der Waals surface area contributed by atoms with Gasteiger partial charge in [0.05, 0.1) is 22.3 Å². The van der Waals surface area contributed by atoms with Crippen molar-refractivity contribution in [3.05, 3.63) is 59.1 Å². The maximum Gasteiger partial charge on any atom is 0.225 e. The van der Waals surface area contributed by atoms with E-state index in [2.05, 4.69) is 5.32 Å². The van der Waals surface area contributed by atoms with Gasteiger partial charge in [0.15, 0.2) is 9.84 Å². The van der Waals surface area contributed by atoms with E-state index in [1.165, 1.54) is 24.3 Å². The van der Waals surface area contributed by atoms with E-state index in [4.69, 9.17) is 16.9 Å². The zero-order chi connectivity index (χ0) is 16.9. The fraction of sp³-hybridized carbons (Fsp3) is 0.125. The summed E-state index contributed by atoms with van der Waals surface area (Å²) >= 11 is 5.72. The van der Waals surface area contributed by atoms with E-state index < -0.39 is 15.7 Å². The van der Waals surface area contributed by atoms with Crippen molar-refractivity contribution in [2.24, 2.45) is 0 Å². The maximum atomic E-state index is 12.1. The van der Waals surface area contributed by atoms with Gasteiger partial charge >= 0.3 is 0 Å². The molecule has 2 rings (SSSR count). The highest BCUT2D eigenvalue weighted by Gasteiger charge is 2.16. The van der Waals surface area contributed by atoms with Crippen LogP contribution in [-0.4, -0.2) is 20.1 Å². The lowest BCUT2D eigenvalue weighted by Gasteiger charge is -2.06. The molecule has 0 saturated carbocycles. The largest absolute Gasteiger partial charge is 0.326 e. The minimum Gasteiger partial charge on any atom is -0.326 e. The average molecular weight is 349 g/mol. The van der Waals surface area contributed by atoms with Crippen LogP contribution in [0, 0.1) is 11.3 Å². The molecule has 0 unspecified atom stereocenters. The highest BCUT2D eigenvalue weighted by Crippen LogP contribution is 2.16. The molecule has 118 valence electrons. The van der Waals surface area contributed by atoms with Crippen molar-refractivity contribution in [2.75, 3.05) is 11.1 Å². The molecule has 0 aromatic heterocycles. The van der Waals surface area contributed by atoms with Crippen LogP contribution in [0.5, 0.6) is 0 Å². The third kappa shape index (κ3) is 4.81. The number of anilines is 1. The Kier molecular flexibility index (Phi) is 5.37. The Hall–Kier alpha value is -2.36. The average Bonchev–Trinajstić information content (AvgIpc) is 2.54. The Balaban J connectivity index is 1.95. The van der Waals surface area contributed by atoms with Crippen LogP contribution in [0.3, 0.4) is 0 Å². The Morgan fingerprint density at radius 1 is 1.09 bits per heavy atom. The third-order valence-corrected chi connectivity index (χ3v) is 5.05. The van der Waals surface area contributed by atoms with Gasteiger partial charge in [0.1, 0.15) is 0 Å². The van der Waals surface area contributed by atoms with E-state index in [9.17, 15) is 13.2 Å². The first-order valence-corrected chi connectivity index (χ1v) is 8.72. The molecule has 0 fully saturated rings. The maximum absolute atomic E-state index is 12.1. The lowest BCUT2D eigenvalue weighted by Crippen LogP contribution is -2.17. The summed E-state index contributed by atoms with van der Waals surface area (Å²) in [6.07, 6.45) is -0.162. The summed E-state index contributed by atoms with van der Waals surface area (Å²) < 4.78 is 24.2. The molecule has 0 atom stereocenters. The molecule has 7 heteroatoms. The molecule has 0 aliphatic rings. The van der Waals surface area contributed by atoms with Gasteiger partial charge in [0.25, 0.3) is 0 Å². The lowest BCUT2D eigenvalue weighted by atomic mass is 10.2. The fourth-order valence-electron chi connectivity index (χ4n) is 1.84. The van der Waals surface area contributed by atoms with E-state index in [0.29, 0.717) is 16.3 Å². The van der Waals surface area contributed by atoms with E-state index in [0.717, 1.165) is 0 Å². The number of hydrogen-bond donors (Lipinski definition) is 1. The van der Waals surface area contributed by atoms with Gasteiger partial charge in [-0.2, -0.15) is 5.26 Å². The predicted molar refractivity (Wildman–Crippen MR) is 87.9 cm³/mol. The van der Waals surface area contributed by atoms with Gasteiger partial charge in [-0.3, -0.25) is 4.79 Å². The van der Waals surface area contributed by atoms with Gasteiger partial charge in [-0.1, -0.05) is 11.6 Å². The molecule has 0 heterocycles. The van der Waals surface area contributed by atoms with Crippen molar-refractivity contribution in [3.63, 3.8) is 0 Å². The first-order valence-electron chi connectivity index (χ1n) is 6.69. The molecule has 0 radical (unpaired) electrons. The van der Waals surface area contributed by atoms with Gasteiger partial charge in [-0.25, -0.2) is 8.42 Å². The number of benzene rings is 2. The van der Waals surface area contributed by atoms with Crippen LogP contribution >= 0.6 is 11.6 Å². The first kappa shape index (κ1) is 17.0. The molecular weight excluding hydrogens is 336 g/mol. The smallest absolute Gasteiger partial charge is 0.225 e. The molecule has 23 heavy (non-hydrogen) atoms. The van der Waals surface area contributed by atoms with Gasteiger partial charge in [0.2, 0.25) is 5.91 Å². The number of nitrogens with one attached hydrogen (secondary N) is 1. The molecule has 0 aliphatic heterocycles. The number of rotatable bonds is 5. The Morgan fingerprint density at radius 2 is 1.70 bits per heavy atom. The summed E-state index contributed by atoms with van der Waals surface area (Å²) in [7, 11) is -3.54. The minimum atomic E-state index is -3.54. The molecule has 1 N–H and O–H groups in total. The topological polar surface area (TPSA) is 87.0 Å². The summed E-state index contributed by atoms with van der Waals surface area (Å²) in [6, 6.07) is 14.1. The number of sulfone groups is 1. The zero-order valence-electron chi connectivity index (χ0n) is 12.0. The van der Waals surface area contributed by atoms with Crippen molar-refractivity contribution in [1.82, 2.24) is 0 Å². The zero-order valence-corrected chi connectivity index (χ0v) is 13.6. The van der Waals surface area contributed by atoms with Crippen LogP contribution in [0.15, 0.2) is 53.4 Å². The number of nitrogens with zero attached hydrogens (tertiary/aromatic N) is 1. The van der Waals surface area contributed by atoms with Crippen molar-refractivity contribution in [2.45, 2.75) is 11.3 Å². The highest BCUT2D eigenvalue weighted by molar-refractivity contribution is 7.91. The number of halogens is 1. The van der Waals surface area contributed by atoms with Crippen LogP contribution in [0.25, 0.3) is 0 Å². The van der Waals surface area contributed by atoms with Crippen molar-refractivity contribution >= 4 is 33.0 Å². The first-order chi connectivity index (χ1) is 10.9. The summed E-state index contributed by atoms with van der Waals surface area (Å²) in [5, 5.41) is 11.7. The number of nitriles is 1. The summed E-state index contributed by atoms with van der Waals surface area (Å²) in [4.78, 5) is 12.0.